The number of halogens is 1. The highest BCUT2D eigenvalue weighted by atomic mass is 35.5. The molecule has 1 aromatic heterocycles. The zero-order chi connectivity index (χ0) is 13.7. The Kier molecular flexibility index (Phi) is 2.84. The Hall–Kier alpha value is -1.36. The second-order valence-electron chi connectivity index (χ2n) is 5.43. The summed E-state index contributed by atoms with van der Waals surface area (Å²) < 4.78 is 7.49. The van der Waals surface area contributed by atoms with Gasteiger partial charge < -0.3 is 14.4 Å². The number of fused-ring (bicyclic) bond motifs is 3. The number of hydrogen-bond donors (Lipinski definition) is 1. The highest BCUT2D eigenvalue weighted by Gasteiger charge is 2.40. The van der Waals surface area contributed by atoms with E-state index in [4.69, 9.17) is 16.3 Å². The zero-order valence-corrected chi connectivity index (χ0v) is 11.6. The molecular formula is C15H15ClN2O2. The lowest BCUT2D eigenvalue weighted by molar-refractivity contribution is -0.0540. The van der Waals surface area contributed by atoms with Crippen LogP contribution in [0.1, 0.15) is 18.0 Å². The Morgan fingerprint density at radius 3 is 3.15 bits per heavy atom. The van der Waals surface area contributed by atoms with Crippen LogP contribution in [0.15, 0.2) is 30.7 Å². The first-order valence-corrected chi connectivity index (χ1v) is 7.21. The average molecular weight is 291 g/mol. The predicted molar refractivity (Wildman–Crippen MR) is 75.7 cm³/mol. The largest absolute Gasteiger partial charge is 0.390 e. The Bertz CT molecular complexity index is 655. The van der Waals surface area contributed by atoms with Crippen LogP contribution in [-0.2, 0) is 4.74 Å². The van der Waals surface area contributed by atoms with Crippen molar-refractivity contribution in [3.63, 3.8) is 0 Å². The molecule has 20 heavy (non-hydrogen) atoms. The van der Waals surface area contributed by atoms with Gasteiger partial charge in [0, 0.05) is 28.7 Å². The number of nitrogens with zero attached hydrogens (tertiary/aromatic N) is 2. The normalized spacial score (nSPS) is 28.2. The highest BCUT2D eigenvalue weighted by molar-refractivity contribution is 6.32. The number of rotatable bonds is 1. The maximum absolute atomic E-state index is 10.3. The fraction of sp³-hybridized carbons (Fsp3) is 0.400. The Morgan fingerprint density at radius 1 is 1.40 bits per heavy atom. The predicted octanol–water partition coefficient (Wildman–Crippen LogP) is 2.50. The smallest absolute Gasteiger partial charge is 0.0956 e. The minimum absolute atomic E-state index is 0.0510. The molecule has 0 amide bonds. The average Bonchev–Trinajstić information content (AvgIpc) is 3.01. The summed E-state index contributed by atoms with van der Waals surface area (Å²) in [6.07, 6.45) is 4.05. The van der Waals surface area contributed by atoms with Gasteiger partial charge in [0.1, 0.15) is 0 Å². The molecule has 0 aliphatic carbocycles. The number of imidazole rings is 1. The van der Waals surface area contributed by atoms with Crippen LogP contribution < -0.4 is 0 Å². The molecule has 2 aliphatic rings. The van der Waals surface area contributed by atoms with Crippen molar-refractivity contribution in [3.05, 3.63) is 41.3 Å². The number of hydrogen-bond acceptors (Lipinski definition) is 3. The molecule has 3 heterocycles. The fourth-order valence-corrected chi connectivity index (χ4v) is 3.75. The quantitative estimate of drug-likeness (QED) is 0.878. The molecule has 104 valence electrons. The van der Waals surface area contributed by atoms with Gasteiger partial charge in [-0.15, -0.1) is 0 Å². The van der Waals surface area contributed by atoms with Crippen molar-refractivity contribution >= 4 is 11.6 Å². The van der Waals surface area contributed by atoms with Gasteiger partial charge in [-0.2, -0.15) is 0 Å². The monoisotopic (exact) mass is 290 g/mol. The van der Waals surface area contributed by atoms with Crippen molar-refractivity contribution in [2.75, 3.05) is 13.2 Å². The van der Waals surface area contributed by atoms with Crippen molar-refractivity contribution in [2.24, 2.45) is 5.92 Å². The van der Waals surface area contributed by atoms with E-state index in [0.29, 0.717) is 13.2 Å². The van der Waals surface area contributed by atoms with Crippen molar-refractivity contribution in [1.82, 2.24) is 9.55 Å². The summed E-state index contributed by atoms with van der Waals surface area (Å²) in [7, 11) is 0. The summed E-state index contributed by atoms with van der Waals surface area (Å²) in [4.78, 5) is 4.25. The third-order valence-electron chi connectivity index (χ3n) is 4.37. The molecule has 3 atom stereocenters. The summed E-state index contributed by atoms with van der Waals surface area (Å²) >= 11 is 6.43. The molecule has 1 saturated heterocycles. The van der Waals surface area contributed by atoms with Gasteiger partial charge in [0.05, 0.1) is 37.0 Å². The first-order valence-electron chi connectivity index (χ1n) is 6.84. The summed E-state index contributed by atoms with van der Waals surface area (Å²) in [5, 5.41) is 11.1. The number of aliphatic hydroxyl groups is 1. The second-order valence-corrected chi connectivity index (χ2v) is 5.83. The Balaban J connectivity index is 1.88. The molecule has 4 rings (SSSR count). The number of aliphatic hydroxyl groups excluding tert-OH is 1. The van der Waals surface area contributed by atoms with Crippen LogP contribution in [0.5, 0.6) is 0 Å². The SMILES string of the molecule is OC1COCCC1C1c2c(Cl)cccc2-c2cncn21. The lowest BCUT2D eigenvalue weighted by atomic mass is 9.85. The van der Waals surface area contributed by atoms with E-state index >= 15 is 0 Å². The first kappa shape index (κ1) is 12.4. The van der Waals surface area contributed by atoms with E-state index in [9.17, 15) is 5.11 Å². The van der Waals surface area contributed by atoms with Gasteiger partial charge in [0.2, 0.25) is 0 Å². The molecule has 1 N–H and O–H groups in total. The molecule has 0 spiro atoms. The van der Waals surface area contributed by atoms with Gasteiger partial charge in [-0.25, -0.2) is 4.98 Å². The molecule has 3 unspecified atom stereocenters. The van der Waals surface area contributed by atoms with Gasteiger partial charge in [-0.3, -0.25) is 0 Å². The van der Waals surface area contributed by atoms with E-state index in [0.717, 1.165) is 28.3 Å². The van der Waals surface area contributed by atoms with E-state index < -0.39 is 6.10 Å². The molecule has 0 bridgehead atoms. The topological polar surface area (TPSA) is 47.3 Å². The van der Waals surface area contributed by atoms with E-state index in [2.05, 4.69) is 15.6 Å². The second kappa shape index (κ2) is 4.58. The molecule has 5 heteroatoms. The highest BCUT2D eigenvalue weighted by Crippen LogP contribution is 2.48. The van der Waals surface area contributed by atoms with Gasteiger partial charge >= 0.3 is 0 Å². The van der Waals surface area contributed by atoms with Crippen LogP contribution in [0.3, 0.4) is 0 Å². The third-order valence-corrected chi connectivity index (χ3v) is 4.70. The summed E-state index contributed by atoms with van der Waals surface area (Å²) in [6, 6.07) is 6.00. The van der Waals surface area contributed by atoms with E-state index in [-0.39, 0.29) is 12.0 Å². The molecule has 0 radical (unpaired) electrons. The standard InChI is InChI=1S/C15H15ClN2O2/c16-11-3-1-2-9-12-6-17-8-18(12)15(14(9)11)10-4-5-20-7-13(10)19/h1-3,6,8,10,13,15,19H,4-5,7H2. The van der Waals surface area contributed by atoms with Crippen molar-refractivity contribution in [3.8, 4) is 11.3 Å². The van der Waals surface area contributed by atoms with Crippen molar-refractivity contribution in [2.45, 2.75) is 18.6 Å². The van der Waals surface area contributed by atoms with Gasteiger partial charge in [-0.1, -0.05) is 23.7 Å². The number of ether oxygens (including phenoxy) is 1. The molecule has 2 aliphatic heterocycles. The van der Waals surface area contributed by atoms with Crippen LogP contribution >= 0.6 is 11.6 Å². The lowest BCUT2D eigenvalue weighted by Gasteiger charge is -2.33. The Morgan fingerprint density at radius 2 is 2.30 bits per heavy atom. The Labute approximate surface area is 122 Å². The lowest BCUT2D eigenvalue weighted by Crippen LogP contribution is -2.37. The van der Waals surface area contributed by atoms with Crippen LogP contribution in [0.25, 0.3) is 11.3 Å². The maximum Gasteiger partial charge on any atom is 0.0956 e. The van der Waals surface area contributed by atoms with Crippen LogP contribution in [0.4, 0.5) is 0 Å². The van der Waals surface area contributed by atoms with Crippen LogP contribution in [0, 0.1) is 5.92 Å². The van der Waals surface area contributed by atoms with Crippen molar-refractivity contribution < 1.29 is 9.84 Å². The zero-order valence-electron chi connectivity index (χ0n) is 10.9. The van der Waals surface area contributed by atoms with Gasteiger partial charge in [-0.05, 0) is 12.5 Å². The van der Waals surface area contributed by atoms with Gasteiger partial charge in [0.25, 0.3) is 0 Å². The molecule has 1 fully saturated rings. The first-order chi connectivity index (χ1) is 9.77. The molecule has 0 saturated carbocycles. The molecule has 2 aromatic rings. The molecule has 4 nitrogen and oxygen atoms in total. The van der Waals surface area contributed by atoms with E-state index in [1.807, 2.05) is 24.7 Å². The summed E-state index contributed by atoms with van der Waals surface area (Å²) in [6.45, 7) is 1.08. The van der Waals surface area contributed by atoms with Crippen LogP contribution in [-0.4, -0.2) is 34.0 Å². The molecular weight excluding hydrogens is 276 g/mol. The summed E-state index contributed by atoms with van der Waals surface area (Å²) in [5.41, 5.74) is 3.31. The minimum atomic E-state index is -0.466. The maximum atomic E-state index is 10.3. The van der Waals surface area contributed by atoms with Crippen molar-refractivity contribution in [1.29, 1.82) is 0 Å². The summed E-state index contributed by atoms with van der Waals surface area (Å²) in [5.74, 6) is 0.109. The van der Waals surface area contributed by atoms with E-state index in [1.165, 1.54) is 0 Å². The third kappa shape index (κ3) is 1.65. The molecule has 1 aromatic carbocycles. The van der Waals surface area contributed by atoms with Gasteiger partial charge in [0.15, 0.2) is 0 Å². The van der Waals surface area contributed by atoms with E-state index in [1.54, 1.807) is 0 Å². The number of aromatic nitrogens is 2. The van der Waals surface area contributed by atoms with Crippen LogP contribution in [0.2, 0.25) is 5.02 Å². The minimum Gasteiger partial charge on any atom is -0.390 e. The number of benzene rings is 1. The fourth-order valence-electron chi connectivity index (χ4n) is 3.46.